The standard InChI is InChI=1S/C10H22N2O2/c1-8(12-9(2)6-13)5-10-7-14-4-3-11-10/h8-13H,3-7H2,1-2H3. The van der Waals surface area contributed by atoms with Crippen molar-refractivity contribution in [2.45, 2.75) is 38.4 Å². The predicted octanol–water partition coefficient (Wildman–Crippen LogP) is -0.276. The summed E-state index contributed by atoms with van der Waals surface area (Å²) in [5, 5.41) is 15.6. The lowest BCUT2D eigenvalue weighted by Crippen LogP contribution is -2.46. The molecule has 0 aromatic rings. The second-order valence-electron chi connectivity index (χ2n) is 4.11. The van der Waals surface area contributed by atoms with Crippen LogP contribution in [0.25, 0.3) is 0 Å². The fourth-order valence-corrected chi connectivity index (χ4v) is 1.80. The molecule has 0 bridgehead atoms. The summed E-state index contributed by atoms with van der Waals surface area (Å²) in [4.78, 5) is 0. The first-order chi connectivity index (χ1) is 6.72. The molecular formula is C10H22N2O2. The molecule has 0 aromatic carbocycles. The first-order valence-corrected chi connectivity index (χ1v) is 5.40. The quantitative estimate of drug-likeness (QED) is 0.574. The Labute approximate surface area is 86.0 Å². The third kappa shape index (κ3) is 4.37. The summed E-state index contributed by atoms with van der Waals surface area (Å²) >= 11 is 0. The van der Waals surface area contributed by atoms with E-state index in [9.17, 15) is 0 Å². The molecule has 0 radical (unpaired) electrons. The molecule has 1 saturated heterocycles. The second kappa shape index (κ2) is 6.35. The van der Waals surface area contributed by atoms with Gasteiger partial charge in [-0.05, 0) is 20.3 Å². The van der Waals surface area contributed by atoms with Gasteiger partial charge in [0.25, 0.3) is 0 Å². The molecule has 0 aromatic heterocycles. The van der Waals surface area contributed by atoms with Gasteiger partial charge in [0.2, 0.25) is 0 Å². The van der Waals surface area contributed by atoms with Crippen LogP contribution in [-0.2, 0) is 4.74 Å². The first-order valence-electron chi connectivity index (χ1n) is 5.40. The maximum absolute atomic E-state index is 8.89. The number of ether oxygens (including phenoxy) is 1. The summed E-state index contributed by atoms with van der Waals surface area (Å²) in [6.07, 6.45) is 1.05. The second-order valence-corrected chi connectivity index (χ2v) is 4.11. The van der Waals surface area contributed by atoms with Gasteiger partial charge in [0.1, 0.15) is 0 Å². The van der Waals surface area contributed by atoms with E-state index in [4.69, 9.17) is 9.84 Å². The molecule has 4 heteroatoms. The van der Waals surface area contributed by atoms with Gasteiger partial charge in [-0.2, -0.15) is 0 Å². The SMILES string of the molecule is CC(CO)NC(C)CC1COCCN1. The van der Waals surface area contributed by atoms with Crippen LogP contribution in [0.4, 0.5) is 0 Å². The highest BCUT2D eigenvalue weighted by Crippen LogP contribution is 2.03. The predicted molar refractivity (Wildman–Crippen MR) is 56.4 cm³/mol. The minimum Gasteiger partial charge on any atom is -0.395 e. The number of aliphatic hydroxyl groups is 1. The van der Waals surface area contributed by atoms with E-state index in [1.807, 2.05) is 6.92 Å². The van der Waals surface area contributed by atoms with Crippen molar-refractivity contribution in [3.05, 3.63) is 0 Å². The molecular weight excluding hydrogens is 180 g/mol. The molecule has 3 unspecified atom stereocenters. The first kappa shape index (κ1) is 11.9. The number of aliphatic hydroxyl groups excluding tert-OH is 1. The number of nitrogens with one attached hydrogen (secondary N) is 2. The highest BCUT2D eigenvalue weighted by atomic mass is 16.5. The van der Waals surface area contributed by atoms with Gasteiger partial charge in [-0.15, -0.1) is 0 Å². The summed E-state index contributed by atoms with van der Waals surface area (Å²) in [5.74, 6) is 0. The Morgan fingerprint density at radius 3 is 2.86 bits per heavy atom. The molecule has 0 saturated carbocycles. The maximum atomic E-state index is 8.89. The summed E-state index contributed by atoms with van der Waals surface area (Å²) in [6.45, 7) is 6.90. The van der Waals surface area contributed by atoms with Crippen molar-refractivity contribution in [2.75, 3.05) is 26.4 Å². The van der Waals surface area contributed by atoms with Crippen molar-refractivity contribution in [1.82, 2.24) is 10.6 Å². The Hall–Kier alpha value is -0.160. The van der Waals surface area contributed by atoms with Crippen LogP contribution >= 0.6 is 0 Å². The molecule has 84 valence electrons. The summed E-state index contributed by atoms with van der Waals surface area (Å²) in [6, 6.07) is 1.04. The fraction of sp³-hybridized carbons (Fsp3) is 1.00. The Kier molecular flexibility index (Phi) is 5.40. The highest BCUT2D eigenvalue weighted by Gasteiger charge is 2.16. The molecule has 3 atom stereocenters. The van der Waals surface area contributed by atoms with Gasteiger partial charge in [-0.1, -0.05) is 0 Å². The van der Waals surface area contributed by atoms with E-state index in [1.54, 1.807) is 0 Å². The van der Waals surface area contributed by atoms with Crippen molar-refractivity contribution >= 4 is 0 Å². The molecule has 0 spiro atoms. The highest BCUT2D eigenvalue weighted by molar-refractivity contribution is 4.77. The van der Waals surface area contributed by atoms with Gasteiger partial charge in [0.05, 0.1) is 19.8 Å². The monoisotopic (exact) mass is 202 g/mol. The van der Waals surface area contributed by atoms with Crippen molar-refractivity contribution < 1.29 is 9.84 Å². The maximum Gasteiger partial charge on any atom is 0.0620 e. The topological polar surface area (TPSA) is 53.5 Å². The minimum atomic E-state index is 0.175. The Balaban J connectivity index is 2.14. The van der Waals surface area contributed by atoms with Crippen LogP contribution in [0, 0.1) is 0 Å². The summed E-state index contributed by atoms with van der Waals surface area (Å²) in [5.41, 5.74) is 0. The molecule has 3 N–H and O–H groups in total. The smallest absolute Gasteiger partial charge is 0.0620 e. The third-order valence-electron chi connectivity index (χ3n) is 2.48. The number of hydrogen-bond donors (Lipinski definition) is 3. The fourth-order valence-electron chi connectivity index (χ4n) is 1.80. The molecule has 0 amide bonds. The molecule has 1 aliphatic rings. The average molecular weight is 202 g/mol. The third-order valence-corrected chi connectivity index (χ3v) is 2.48. The molecule has 1 fully saturated rings. The molecule has 1 heterocycles. The minimum absolute atomic E-state index is 0.175. The van der Waals surface area contributed by atoms with E-state index in [0.717, 1.165) is 26.2 Å². The van der Waals surface area contributed by atoms with Gasteiger partial charge in [-0.25, -0.2) is 0 Å². The number of morpholine rings is 1. The Morgan fingerprint density at radius 2 is 2.29 bits per heavy atom. The van der Waals surface area contributed by atoms with Crippen LogP contribution in [-0.4, -0.2) is 49.6 Å². The van der Waals surface area contributed by atoms with Crippen LogP contribution in [0.1, 0.15) is 20.3 Å². The normalized spacial score (nSPS) is 27.2. The largest absolute Gasteiger partial charge is 0.395 e. The van der Waals surface area contributed by atoms with Crippen molar-refractivity contribution in [2.24, 2.45) is 0 Å². The van der Waals surface area contributed by atoms with Gasteiger partial charge >= 0.3 is 0 Å². The zero-order valence-electron chi connectivity index (χ0n) is 9.12. The molecule has 14 heavy (non-hydrogen) atoms. The van der Waals surface area contributed by atoms with Crippen LogP contribution in [0.3, 0.4) is 0 Å². The van der Waals surface area contributed by atoms with E-state index >= 15 is 0 Å². The van der Waals surface area contributed by atoms with E-state index in [2.05, 4.69) is 17.6 Å². The van der Waals surface area contributed by atoms with Gasteiger partial charge in [0, 0.05) is 24.7 Å². The van der Waals surface area contributed by atoms with Crippen LogP contribution in [0.5, 0.6) is 0 Å². The summed E-state index contributed by atoms with van der Waals surface area (Å²) in [7, 11) is 0. The molecule has 0 aliphatic carbocycles. The van der Waals surface area contributed by atoms with Crippen LogP contribution in [0.15, 0.2) is 0 Å². The van der Waals surface area contributed by atoms with Gasteiger partial charge in [0.15, 0.2) is 0 Å². The molecule has 1 rings (SSSR count). The Bertz CT molecular complexity index is 149. The lowest BCUT2D eigenvalue weighted by Gasteiger charge is -2.27. The van der Waals surface area contributed by atoms with E-state index in [1.165, 1.54) is 0 Å². The van der Waals surface area contributed by atoms with Crippen molar-refractivity contribution in [3.8, 4) is 0 Å². The van der Waals surface area contributed by atoms with Crippen molar-refractivity contribution in [1.29, 1.82) is 0 Å². The molecule has 4 nitrogen and oxygen atoms in total. The van der Waals surface area contributed by atoms with Crippen molar-refractivity contribution in [3.63, 3.8) is 0 Å². The number of rotatable bonds is 5. The lowest BCUT2D eigenvalue weighted by molar-refractivity contribution is 0.0704. The Morgan fingerprint density at radius 1 is 1.50 bits per heavy atom. The van der Waals surface area contributed by atoms with E-state index in [-0.39, 0.29) is 12.6 Å². The summed E-state index contributed by atoms with van der Waals surface area (Å²) < 4.78 is 5.37. The zero-order chi connectivity index (χ0) is 10.4. The zero-order valence-corrected chi connectivity index (χ0v) is 9.12. The van der Waals surface area contributed by atoms with Gasteiger partial charge in [-0.3, -0.25) is 0 Å². The lowest BCUT2D eigenvalue weighted by atomic mass is 10.1. The van der Waals surface area contributed by atoms with Gasteiger partial charge < -0.3 is 20.5 Å². The van der Waals surface area contributed by atoms with Crippen LogP contribution < -0.4 is 10.6 Å². The van der Waals surface area contributed by atoms with Crippen LogP contribution in [0.2, 0.25) is 0 Å². The van der Waals surface area contributed by atoms with E-state index < -0.39 is 0 Å². The average Bonchev–Trinajstić information content (AvgIpc) is 2.19. The molecule has 1 aliphatic heterocycles. The van der Waals surface area contributed by atoms with E-state index in [0.29, 0.717) is 12.1 Å². The number of hydrogen-bond acceptors (Lipinski definition) is 4.